The van der Waals surface area contributed by atoms with Crippen LogP contribution in [-0.4, -0.2) is 24.7 Å². The van der Waals surface area contributed by atoms with Gasteiger partial charge in [-0.3, -0.25) is 4.79 Å². The molecule has 0 saturated carbocycles. The second-order valence-electron chi connectivity index (χ2n) is 6.84. The molecule has 0 aliphatic carbocycles. The zero-order chi connectivity index (χ0) is 21.3. The lowest BCUT2D eigenvalue weighted by molar-refractivity contribution is 0.0499. The van der Waals surface area contributed by atoms with Crippen LogP contribution in [0.1, 0.15) is 51.8 Å². The van der Waals surface area contributed by atoms with E-state index in [-0.39, 0.29) is 11.9 Å². The van der Waals surface area contributed by atoms with Crippen LogP contribution in [0.15, 0.2) is 70.2 Å². The van der Waals surface area contributed by atoms with Crippen LogP contribution in [0, 0.1) is 6.92 Å². The van der Waals surface area contributed by atoms with Crippen molar-refractivity contribution in [3.63, 3.8) is 0 Å². The van der Waals surface area contributed by atoms with E-state index in [2.05, 4.69) is 10.5 Å². The van der Waals surface area contributed by atoms with Crippen LogP contribution in [0.25, 0.3) is 11.3 Å². The van der Waals surface area contributed by atoms with Crippen LogP contribution >= 0.6 is 0 Å². The van der Waals surface area contributed by atoms with Gasteiger partial charge in [0.15, 0.2) is 0 Å². The van der Waals surface area contributed by atoms with Gasteiger partial charge in [-0.1, -0.05) is 43.2 Å². The van der Waals surface area contributed by atoms with Crippen LogP contribution in [0.2, 0.25) is 0 Å². The summed E-state index contributed by atoms with van der Waals surface area (Å²) in [6.45, 7) is 4.40. The highest BCUT2D eigenvalue weighted by Gasteiger charge is 2.09. The Labute approximate surface area is 175 Å². The third-order valence-corrected chi connectivity index (χ3v) is 4.40. The number of carbonyl (C=O) groups excluding carboxylic acids is 2. The number of unbranched alkanes of at least 4 members (excludes halogenated alkanes) is 1. The van der Waals surface area contributed by atoms with Gasteiger partial charge in [0, 0.05) is 11.1 Å². The number of rotatable bonds is 8. The number of nitrogens with one attached hydrogen (secondary N) is 1. The van der Waals surface area contributed by atoms with E-state index in [1.165, 1.54) is 6.21 Å². The topological polar surface area (TPSA) is 80.9 Å². The maximum absolute atomic E-state index is 12.1. The smallest absolute Gasteiger partial charge is 0.338 e. The molecule has 2 aromatic carbocycles. The predicted molar refractivity (Wildman–Crippen MR) is 116 cm³/mol. The number of aryl methyl sites for hydroxylation is 1. The number of furan rings is 1. The van der Waals surface area contributed by atoms with E-state index in [9.17, 15) is 9.59 Å². The van der Waals surface area contributed by atoms with Gasteiger partial charge in [-0.25, -0.2) is 10.2 Å². The molecule has 30 heavy (non-hydrogen) atoms. The van der Waals surface area contributed by atoms with E-state index in [0.717, 1.165) is 24.0 Å². The van der Waals surface area contributed by atoms with Crippen molar-refractivity contribution >= 4 is 18.1 Å². The number of nitrogens with zero attached hydrogens (tertiary/aromatic N) is 1. The SMILES string of the molecule is CCCCOC(=O)c1ccc(-c2ccc(/C=N\NC(=O)c3cccc(C)c3)o2)cc1. The Morgan fingerprint density at radius 2 is 1.87 bits per heavy atom. The van der Waals surface area contributed by atoms with Crippen molar-refractivity contribution in [2.75, 3.05) is 6.61 Å². The van der Waals surface area contributed by atoms with E-state index < -0.39 is 0 Å². The fraction of sp³-hybridized carbons (Fsp3) is 0.208. The van der Waals surface area contributed by atoms with Crippen LogP contribution in [-0.2, 0) is 4.74 Å². The van der Waals surface area contributed by atoms with E-state index in [1.807, 2.05) is 26.0 Å². The first-order valence-electron chi connectivity index (χ1n) is 9.84. The number of hydrazone groups is 1. The molecule has 6 nitrogen and oxygen atoms in total. The zero-order valence-electron chi connectivity index (χ0n) is 17.1. The Bertz CT molecular complexity index is 1040. The number of carbonyl (C=O) groups is 2. The summed E-state index contributed by atoms with van der Waals surface area (Å²) in [5.41, 5.74) is 5.35. The molecule has 154 valence electrons. The van der Waals surface area contributed by atoms with Gasteiger partial charge in [0.25, 0.3) is 5.91 Å². The maximum Gasteiger partial charge on any atom is 0.338 e. The molecule has 3 aromatic rings. The van der Waals surface area contributed by atoms with Crippen molar-refractivity contribution in [1.82, 2.24) is 5.43 Å². The molecule has 1 amide bonds. The second-order valence-corrected chi connectivity index (χ2v) is 6.84. The number of hydrogen-bond acceptors (Lipinski definition) is 5. The van der Waals surface area contributed by atoms with Gasteiger partial charge >= 0.3 is 5.97 Å². The van der Waals surface area contributed by atoms with Gasteiger partial charge in [0.05, 0.1) is 18.4 Å². The average molecular weight is 404 g/mol. The fourth-order valence-electron chi connectivity index (χ4n) is 2.75. The minimum absolute atomic E-state index is 0.289. The lowest BCUT2D eigenvalue weighted by Gasteiger charge is -2.04. The number of benzene rings is 2. The number of esters is 1. The van der Waals surface area contributed by atoms with Crippen molar-refractivity contribution in [1.29, 1.82) is 0 Å². The molecule has 0 saturated heterocycles. The summed E-state index contributed by atoms with van der Waals surface area (Å²) < 4.78 is 10.9. The fourth-order valence-corrected chi connectivity index (χ4v) is 2.75. The molecule has 0 bridgehead atoms. The number of hydrogen-bond donors (Lipinski definition) is 1. The summed E-state index contributed by atoms with van der Waals surface area (Å²) in [5.74, 6) is 0.514. The van der Waals surface area contributed by atoms with Gasteiger partial charge in [-0.05, 0) is 49.7 Å². The minimum Gasteiger partial charge on any atom is -0.462 e. The van der Waals surface area contributed by atoms with Crippen molar-refractivity contribution in [2.45, 2.75) is 26.7 Å². The first-order chi connectivity index (χ1) is 14.6. The molecule has 6 heteroatoms. The molecule has 0 radical (unpaired) electrons. The van der Waals surface area contributed by atoms with E-state index >= 15 is 0 Å². The van der Waals surface area contributed by atoms with E-state index in [1.54, 1.807) is 48.5 Å². The molecular formula is C24H24N2O4. The highest BCUT2D eigenvalue weighted by Crippen LogP contribution is 2.22. The summed E-state index contributed by atoms with van der Waals surface area (Å²) in [4.78, 5) is 24.1. The Morgan fingerprint density at radius 1 is 1.07 bits per heavy atom. The first-order valence-corrected chi connectivity index (χ1v) is 9.84. The molecule has 0 spiro atoms. The second kappa shape index (κ2) is 10.2. The molecular weight excluding hydrogens is 380 g/mol. The van der Waals surface area contributed by atoms with Gasteiger partial charge in [0.2, 0.25) is 0 Å². The van der Waals surface area contributed by atoms with Crippen molar-refractivity contribution in [3.05, 3.63) is 83.1 Å². The molecule has 0 atom stereocenters. The third-order valence-electron chi connectivity index (χ3n) is 4.40. The lowest BCUT2D eigenvalue weighted by atomic mass is 10.1. The minimum atomic E-state index is -0.327. The van der Waals surface area contributed by atoms with Gasteiger partial charge in [-0.2, -0.15) is 5.10 Å². The summed E-state index contributed by atoms with van der Waals surface area (Å²) in [5, 5.41) is 3.95. The zero-order valence-corrected chi connectivity index (χ0v) is 17.1. The van der Waals surface area contributed by atoms with Crippen LogP contribution in [0.5, 0.6) is 0 Å². The molecule has 0 aliphatic heterocycles. The largest absolute Gasteiger partial charge is 0.462 e. The van der Waals surface area contributed by atoms with Crippen LogP contribution in [0.4, 0.5) is 0 Å². The maximum atomic E-state index is 12.1. The van der Waals surface area contributed by atoms with Crippen molar-refractivity contribution in [2.24, 2.45) is 5.10 Å². The van der Waals surface area contributed by atoms with E-state index in [4.69, 9.17) is 9.15 Å². The quantitative estimate of drug-likeness (QED) is 0.249. The Kier molecular flexibility index (Phi) is 7.16. The molecule has 1 heterocycles. The number of ether oxygens (including phenoxy) is 1. The molecule has 3 rings (SSSR count). The molecule has 1 N–H and O–H groups in total. The lowest BCUT2D eigenvalue weighted by Crippen LogP contribution is -2.17. The normalized spacial score (nSPS) is 10.9. The van der Waals surface area contributed by atoms with Crippen molar-refractivity contribution in [3.8, 4) is 11.3 Å². The Hall–Kier alpha value is -3.67. The summed E-state index contributed by atoms with van der Waals surface area (Å²) in [6, 6.07) is 17.8. The summed E-state index contributed by atoms with van der Waals surface area (Å²) >= 11 is 0. The average Bonchev–Trinajstić information content (AvgIpc) is 3.23. The third kappa shape index (κ3) is 5.67. The molecule has 0 unspecified atom stereocenters. The van der Waals surface area contributed by atoms with Gasteiger partial charge < -0.3 is 9.15 Å². The monoisotopic (exact) mass is 404 g/mol. The molecule has 0 fully saturated rings. The Balaban J connectivity index is 1.58. The first kappa shape index (κ1) is 21.0. The van der Waals surface area contributed by atoms with Gasteiger partial charge in [0.1, 0.15) is 11.5 Å². The van der Waals surface area contributed by atoms with E-state index in [0.29, 0.717) is 29.3 Å². The Morgan fingerprint density at radius 3 is 2.60 bits per heavy atom. The highest BCUT2D eigenvalue weighted by molar-refractivity contribution is 5.95. The van der Waals surface area contributed by atoms with Crippen LogP contribution < -0.4 is 5.43 Å². The standard InChI is InChI=1S/C24H24N2O4/c1-3-4-14-29-24(28)19-10-8-18(9-11-19)22-13-12-21(30-22)16-25-26-23(27)20-7-5-6-17(2)15-20/h5-13,15-16H,3-4,14H2,1-2H3,(H,26,27)/b25-16-. The predicted octanol–water partition coefficient (Wildman–Crippen LogP) is 4.98. The molecule has 0 aliphatic rings. The van der Waals surface area contributed by atoms with Crippen LogP contribution in [0.3, 0.4) is 0 Å². The number of amides is 1. The summed E-state index contributed by atoms with van der Waals surface area (Å²) in [6.07, 6.45) is 3.27. The molecule has 1 aromatic heterocycles. The van der Waals surface area contributed by atoms with Gasteiger partial charge in [-0.15, -0.1) is 0 Å². The van der Waals surface area contributed by atoms with Crippen molar-refractivity contribution < 1.29 is 18.7 Å². The highest BCUT2D eigenvalue weighted by atomic mass is 16.5. The summed E-state index contributed by atoms with van der Waals surface area (Å²) in [7, 11) is 0.